The minimum Gasteiger partial charge on any atom is -0.478 e. The van der Waals surface area contributed by atoms with E-state index in [1.54, 1.807) is 13.0 Å². The van der Waals surface area contributed by atoms with Crippen LogP contribution in [0.25, 0.3) is 0 Å². The number of ketones is 1. The van der Waals surface area contributed by atoms with Gasteiger partial charge in [0.05, 0.1) is 0 Å². The van der Waals surface area contributed by atoms with E-state index in [0.29, 0.717) is 0 Å². The predicted molar refractivity (Wildman–Crippen MR) is 57.5 cm³/mol. The van der Waals surface area contributed by atoms with E-state index < -0.39 is 5.97 Å². The summed E-state index contributed by atoms with van der Waals surface area (Å²) < 4.78 is 0. The van der Waals surface area contributed by atoms with Gasteiger partial charge in [0.15, 0.2) is 5.78 Å². The van der Waals surface area contributed by atoms with E-state index in [1.165, 1.54) is 12.2 Å². The summed E-state index contributed by atoms with van der Waals surface area (Å²) in [5.41, 5.74) is 0.274. The van der Waals surface area contributed by atoms with Gasteiger partial charge in [-0.2, -0.15) is 0 Å². The van der Waals surface area contributed by atoms with Gasteiger partial charge in [-0.25, -0.2) is 4.79 Å². The molecule has 1 rings (SSSR count). The smallest absolute Gasteiger partial charge is 0.331 e. The van der Waals surface area contributed by atoms with Crippen molar-refractivity contribution in [2.45, 2.75) is 32.6 Å². The van der Waals surface area contributed by atoms with Crippen molar-refractivity contribution in [1.82, 2.24) is 0 Å². The standard InChI is InChI=1S/C12H16O3/c1-2-5-10(13)8-11(12(14)15)9-6-3-4-7-9/h2,5,8-9H,3-4,6-7H2,1H3,(H,14,15). The highest BCUT2D eigenvalue weighted by Crippen LogP contribution is 2.31. The van der Waals surface area contributed by atoms with Gasteiger partial charge in [-0.1, -0.05) is 18.9 Å². The van der Waals surface area contributed by atoms with Crippen LogP contribution < -0.4 is 0 Å². The Balaban J connectivity index is 2.81. The van der Waals surface area contributed by atoms with Crippen molar-refractivity contribution >= 4 is 11.8 Å². The Morgan fingerprint density at radius 1 is 1.27 bits per heavy atom. The first-order valence-corrected chi connectivity index (χ1v) is 5.26. The SMILES string of the molecule is CC=CC(=O)C=C(C(=O)O)C1CCCC1. The summed E-state index contributed by atoms with van der Waals surface area (Å²) >= 11 is 0. The molecule has 0 amide bonds. The van der Waals surface area contributed by atoms with E-state index in [0.717, 1.165) is 25.7 Å². The van der Waals surface area contributed by atoms with Gasteiger partial charge >= 0.3 is 5.97 Å². The van der Waals surface area contributed by atoms with Crippen LogP contribution in [-0.4, -0.2) is 16.9 Å². The Kier molecular flexibility index (Phi) is 4.28. The second-order valence-electron chi connectivity index (χ2n) is 3.79. The Labute approximate surface area is 89.5 Å². The fraction of sp³-hybridized carbons (Fsp3) is 0.500. The molecule has 0 bridgehead atoms. The average Bonchev–Trinajstić information content (AvgIpc) is 2.66. The summed E-state index contributed by atoms with van der Waals surface area (Å²) in [6, 6.07) is 0. The zero-order chi connectivity index (χ0) is 11.3. The molecule has 1 N–H and O–H groups in total. The van der Waals surface area contributed by atoms with Crippen molar-refractivity contribution in [2.75, 3.05) is 0 Å². The Bertz CT molecular complexity index is 307. The zero-order valence-corrected chi connectivity index (χ0v) is 8.90. The lowest BCUT2D eigenvalue weighted by Gasteiger charge is -2.08. The molecule has 82 valence electrons. The molecular weight excluding hydrogens is 192 g/mol. The number of carbonyl (C=O) groups is 2. The molecule has 1 fully saturated rings. The van der Waals surface area contributed by atoms with Crippen molar-refractivity contribution in [3.63, 3.8) is 0 Å². The van der Waals surface area contributed by atoms with Crippen molar-refractivity contribution in [3.8, 4) is 0 Å². The molecular formula is C12H16O3. The van der Waals surface area contributed by atoms with E-state index in [2.05, 4.69) is 0 Å². The number of allylic oxidation sites excluding steroid dienone is 3. The molecule has 15 heavy (non-hydrogen) atoms. The monoisotopic (exact) mass is 208 g/mol. The summed E-state index contributed by atoms with van der Waals surface area (Å²) in [4.78, 5) is 22.3. The lowest BCUT2D eigenvalue weighted by atomic mass is 9.96. The molecule has 1 saturated carbocycles. The summed E-state index contributed by atoms with van der Waals surface area (Å²) in [6.07, 6.45) is 8.17. The van der Waals surface area contributed by atoms with Gasteiger partial charge in [-0.15, -0.1) is 0 Å². The van der Waals surface area contributed by atoms with Crippen LogP contribution >= 0.6 is 0 Å². The maximum Gasteiger partial charge on any atom is 0.331 e. The topological polar surface area (TPSA) is 54.4 Å². The number of carbonyl (C=O) groups excluding carboxylic acids is 1. The second-order valence-corrected chi connectivity index (χ2v) is 3.79. The minimum absolute atomic E-state index is 0.0664. The molecule has 0 aromatic rings. The van der Waals surface area contributed by atoms with Crippen LogP contribution in [0, 0.1) is 5.92 Å². The third-order valence-electron chi connectivity index (χ3n) is 2.67. The van der Waals surface area contributed by atoms with Crippen molar-refractivity contribution in [1.29, 1.82) is 0 Å². The Morgan fingerprint density at radius 2 is 1.87 bits per heavy atom. The van der Waals surface area contributed by atoms with Crippen LogP contribution in [-0.2, 0) is 9.59 Å². The number of hydrogen-bond acceptors (Lipinski definition) is 2. The van der Waals surface area contributed by atoms with Crippen LogP contribution in [0.4, 0.5) is 0 Å². The quantitative estimate of drug-likeness (QED) is 0.721. The van der Waals surface area contributed by atoms with Crippen LogP contribution in [0.2, 0.25) is 0 Å². The first-order chi connectivity index (χ1) is 7.15. The van der Waals surface area contributed by atoms with E-state index in [9.17, 15) is 9.59 Å². The van der Waals surface area contributed by atoms with Gasteiger partial charge in [0.1, 0.15) is 0 Å². The van der Waals surface area contributed by atoms with Gasteiger partial charge < -0.3 is 5.11 Å². The minimum atomic E-state index is -0.959. The largest absolute Gasteiger partial charge is 0.478 e. The molecule has 0 aliphatic heterocycles. The van der Waals surface area contributed by atoms with Crippen LogP contribution in [0.15, 0.2) is 23.8 Å². The molecule has 3 heteroatoms. The molecule has 0 spiro atoms. The highest BCUT2D eigenvalue weighted by molar-refractivity contribution is 6.04. The summed E-state index contributed by atoms with van der Waals surface area (Å²) in [5.74, 6) is -1.13. The highest BCUT2D eigenvalue weighted by atomic mass is 16.4. The van der Waals surface area contributed by atoms with E-state index in [4.69, 9.17) is 5.11 Å². The van der Waals surface area contributed by atoms with E-state index in [1.807, 2.05) is 0 Å². The third-order valence-corrected chi connectivity index (χ3v) is 2.67. The fourth-order valence-electron chi connectivity index (χ4n) is 1.96. The van der Waals surface area contributed by atoms with Gasteiger partial charge in [0.25, 0.3) is 0 Å². The molecule has 0 atom stereocenters. The molecule has 0 aromatic heterocycles. The highest BCUT2D eigenvalue weighted by Gasteiger charge is 2.24. The van der Waals surface area contributed by atoms with Crippen molar-refractivity contribution < 1.29 is 14.7 Å². The number of carboxylic acids is 1. The molecule has 1 aliphatic carbocycles. The van der Waals surface area contributed by atoms with Gasteiger partial charge in [0, 0.05) is 5.57 Å². The van der Waals surface area contributed by atoms with Crippen LogP contribution in [0.3, 0.4) is 0 Å². The summed E-state index contributed by atoms with van der Waals surface area (Å²) in [6.45, 7) is 1.74. The Morgan fingerprint density at radius 3 is 2.33 bits per heavy atom. The maximum atomic E-state index is 11.3. The molecule has 3 nitrogen and oxygen atoms in total. The third kappa shape index (κ3) is 3.35. The number of aliphatic carboxylic acids is 1. The second kappa shape index (κ2) is 5.49. The zero-order valence-electron chi connectivity index (χ0n) is 8.90. The normalized spacial score (nSPS) is 18.6. The lowest BCUT2D eigenvalue weighted by molar-refractivity contribution is -0.133. The number of carboxylic acid groups (broad SMARTS) is 1. The summed E-state index contributed by atoms with van der Waals surface area (Å²) in [7, 11) is 0. The van der Waals surface area contributed by atoms with Crippen molar-refractivity contribution in [3.05, 3.63) is 23.8 Å². The van der Waals surface area contributed by atoms with Crippen LogP contribution in [0.5, 0.6) is 0 Å². The Hall–Kier alpha value is -1.38. The maximum absolute atomic E-state index is 11.3. The van der Waals surface area contributed by atoms with Crippen molar-refractivity contribution in [2.24, 2.45) is 5.92 Å². The van der Waals surface area contributed by atoms with Gasteiger partial charge in [0.2, 0.25) is 0 Å². The molecule has 1 aliphatic rings. The fourth-order valence-corrected chi connectivity index (χ4v) is 1.96. The average molecular weight is 208 g/mol. The molecule has 0 saturated heterocycles. The lowest BCUT2D eigenvalue weighted by Crippen LogP contribution is -2.11. The molecule has 0 radical (unpaired) electrons. The van der Waals surface area contributed by atoms with E-state index in [-0.39, 0.29) is 17.3 Å². The van der Waals surface area contributed by atoms with E-state index >= 15 is 0 Å². The first kappa shape index (κ1) is 11.7. The number of rotatable bonds is 4. The summed E-state index contributed by atoms with van der Waals surface area (Å²) in [5, 5.41) is 9.01. The predicted octanol–water partition coefficient (Wildman–Crippen LogP) is 2.33. The molecule has 0 aromatic carbocycles. The molecule has 0 unspecified atom stereocenters. The van der Waals surface area contributed by atoms with Crippen LogP contribution in [0.1, 0.15) is 32.6 Å². The first-order valence-electron chi connectivity index (χ1n) is 5.26. The number of hydrogen-bond donors (Lipinski definition) is 1. The van der Waals surface area contributed by atoms with Gasteiger partial charge in [-0.05, 0) is 37.8 Å². The molecule has 0 heterocycles. The van der Waals surface area contributed by atoms with Gasteiger partial charge in [-0.3, -0.25) is 4.79 Å².